The summed E-state index contributed by atoms with van der Waals surface area (Å²) in [7, 11) is 0. The molecule has 0 aromatic heterocycles. The SMILES string of the molecule is CCCCOc1ccc2ccccc2c1C=NNC(=O)CC(=O)Nc1ccc(C)cc1. The van der Waals surface area contributed by atoms with E-state index in [4.69, 9.17) is 4.74 Å². The Morgan fingerprint density at radius 1 is 1.00 bits per heavy atom. The predicted molar refractivity (Wildman–Crippen MR) is 125 cm³/mol. The topological polar surface area (TPSA) is 79.8 Å². The second kappa shape index (κ2) is 10.9. The zero-order chi connectivity index (χ0) is 22.1. The third-order valence-corrected chi connectivity index (χ3v) is 4.73. The van der Waals surface area contributed by atoms with Crippen molar-refractivity contribution in [2.75, 3.05) is 11.9 Å². The van der Waals surface area contributed by atoms with Gasteiger partial charge in [0.25, 0.3) is 0 Å². The number of carbonyl (C=O) groups is 2. The summed E-state index contributed by atoms with van der Waals surface area (Å²) in [5, 5.41) is 8.80. The van der Waals surface area contributed by atoms with Gasteiger partial charge in [0.2, 0.25) is 11.8 Å². The molecule has 0 saturated carbocycles. The van der Waals surface area contributed by atoms with Crippen molar-refractivity contribution in [1.29, 1.82) is 0 Å². The van der Waals surface area contributed by atoms with Crippen LogP contribution in [-0.4, -0.2) is 24.6 Å². The van der Waals surface area contributed by atoms with Crippen molar-refractivity contribution in [3.63, 3.8) is 0 Å². The van der Waals surface area contributed by atoms with Crippen molar-refractivity contribution in [3.8, 4) is 5.75 Å². The lowest BCUT2D eigenvalue weighted by Crippen LogP contribution is -2.24. The minimum atomic E-state index is -0.491. The van der Waals surface area contributed by atoms with E-state index >= 15 is 0 Å². The molecule has 3 rings (SSSR count). The molecule has 0 saturated heterocycles. The molecule has 160 valence electrons. The van der Waals surface area contributed by atoms with Crippen LogP contribution < -0.4 is 15.5 Å². The molecule has 0 heterocycles. The van der Waals surface area contributed by atoms with E-state index < -0.39 is 11.8 Å². The van der Waals surface area contributed by atoms with E-state index in [0.29, 0.717) is 18.0 Å². The zero-order valence-electron chi connectivity index (χ0n) is 17.9. The Balaban J connectivity index is 1.64. The lowest BCUT2D eigenvalue weighted by molar-refractivity contribution is -0.126. The van der Waals surface area contributed by atoms with Crippen molar-refractivity contribution in [3.05, 3.63) is 71.8 Å². The standard InChI is InChI=1S/C25H27N3O3/c1-3-4-15-31-23-14-11-19-7-5-6-8-21(19)22(23)17-26-28-25(30)16-24(29)27-20-12-9-18(2)10-13-20/h5-14,17H,3-4,15-16H2,1-2H3,(H,27,29)(H,28,30). The van der Waals surface area contributed by atoms with Gasteiger partial charge in [-0.05, 0) is 42.3 Å². The zero-order valence-corrected chi connectivity index (χ0v) is 17.9. The van der Waals surface area contributed by atoms with Gasteiger partial charge in [0, 0.05) is 11.3 Å². The van der Waals surface area contributed by atoms with Crippen molar-refractivity contribution in [2.24, 2.45) is 5.10 Å². The molecule has 3 aromatic rings. The fourth-order valence-corrected chi connectivity index (χ4v) is 3.06. The van der Waals surface area contributed by atoms with Crippen molar-refractivity contribution >= 4 is 34.5 Å². The Morgan fingerprint density at radius 3 is 2.55 bits per heavy atom. The minimum Gasteiger partial charge on any atom is -0.493 e. The van der Waals surface area contributed by atoms with E-state index in [9.17, 15) is 9.59 Å². The van der Waals surface area contributed by atoms with E-state index in [1.165, 1.54) is 0 Å². The van der Waals surface area contributed by atoms with Crippen molar-refractivity contribution < 1.29 is 14.3 Å². The second-order valence-corrected chi connectivity index (χ2v) is 7.28. The molecule has 0 aliphatic carbocycles. The normalized spacial score (nSPS) is 10.9. The summed E-state index contributed by atoms with van der Waals surface area (Å²) < 4.78 is 5.91. The van der Waals surface area contributed by atoms with Gasteiger partial charge >= 0.3 is 0 Å². The number of anilines is 1. The molecule has 6 heteroatoms. The summed E-state index contributed by atoms with van der Waals surface area (Å²) in [4.78, 5) is 24.2. The molecule has 0 aliphatic rings. The number of benzene rings is 3. The summed E-state index contributed by atoms with van der Waals surface area (Å²) in [6.45, 7) is 4.69. The van der Waals surface area contributed by atoms with Crippen LogP contribution in [-0.2, 0) is 9.59 Å². The monoisotopic (exact) mass is 417 g/mol. The number of hydrogen-bond donors (Lipinski definition) is 2. The fraction of sp³-hybridized carbons (Fsp3) is 0.240. The van der Waals surface area contributed by atoms with Crippen LogP contribution in [0.2, 0.25) is 0 Å². The quantitative estimate of drug-likeness (QED) is 0.227. The molecule has 0 spiro atoms. The summed E-state index contributed by atoms with van der Waals surface area (Å²) in [6, 6.07) is 19.2. The van der Waals surface area contributed by atoms with Gasteiger partial charge in [-0.2, -0.15) is 5.10 Å². The van der Waals surface area contributed by atoms with Gasteiger partial charge in [0.1, 0.15) is 12.2 Å². The van der Waals surface area contributed by atoms with Crippen LogP contribution in [0, 0.1) is 6.92 Å². The first-order valence-electron chi connectivity index (χ1n) is 10.4. The number of ether oxygens (including phenoxy) is 1. The van der Waals surface area contributed by atoms with Gasteiger partial charge in [-0.1, -0.05) is 61.4 Å². The van der Waals surface area contributed by atoms with Crippen LogP contribution in [0.1, 0.15) is 37.3 Å². The van der Waals surface area contributed by atoms with E-state index in [1.807, 2.05) is 55.5 Å². The smallest absolute Gasteiger partial charge is 0.249 e. The molecule has 0 fully saturated rings. The number of amides is 2. The van der Waals surface area contributed by atoms with Crippen LogP contribution in [0.15, 0.2) is 65.8 Å². The van der Waals surface area contributed by atoms with Crippen molar-refractivity contribution in [2.45, 2.75) is 33.1 Å². The highest BCUT2D eigenvalue weighted by Gasteiger charge is 2.10. The van der Waals surface area contributed by atoms with Gasteiger partial charge in [0.15, 0.2) is 0 Å². The van der Waals surface area contributed by atoms with E-state index in [-0.39, 0.29) is 6.42 Å². The van der Waals surface area contributed by atoms with Gasteiger partial charge in [-0.15, -0.1) is 0 Å². The Bertz CT molecular complexity index is 1080. The van der Waals surface area contributed by atoms with Crippen LogP contribution in [0.3, 0.4) is 0 Å². The molecule has 0 atom stereocenters. The summed E-state index contributed by atoms with van der Waals surface area (Å²) in [5.74, 6) is -0.179. The number of hydrazone groups is 1. The highest BCUT2D eigenvalue weighted by molar-refractivity contribution is 6.05. The highest BCUT2D eigenvalue weighted by atomic mass is 16.5. The number of unbranched alkanes of at least 4 members (excludes halogenated alkanes) is 1. The predicted octanol–water partition coefficient (Wildman–Crippen LogP) is 4.81. The number of rotatable bonds is 9. The molecule has 0 aliphatic heterocycles. The lowest BCUT2D eigenvalue weighted by Gasteiger charge is -2.11. The molecule has 3 aromatic carbocycles. The molecule has 31 heavy (non-hydrogen) atoms. The summed E-state index contributed by atoms with van der Waals surface area (Å²) in [6.07, 6.45) is 3.24. The molecule has 6 nitrogen and oxygen atoms in total. The number of nitrogens with one attached hydrogen (secondary N) is 2. The Hall–Kier alpha value is -3.67. The highest BCUT2D eigenvalue weighted by Crippen LogP contribution is 2.27. The fourth-order valence-electron chi connectivity index (χ4n) is 3.06. The molecule has 2 N–H and O–H groups in total. The van der Waals surface area contributed by atoms with Crippen LogP contribution >= 0.6 is 0 Å². The van der Waals surface area contributed by atoms with E-state index in [2.05, 4.69) is 22.8 Å². The molecule has 2 amide bonds. The second-order valence-electron chi connectivity index (χ2n) is 7.28. The number of hydrogen-bond acceptors (Lipinski definition) is 4. The first kappa shape index (κ1) is 22.0. The molecular weight excluding hydrogens is 390 g/mol. The first-order chi connectivity index (χ1) is 15.1. The lowest BCUT2D eigenvalue weighted by atomic mass is 10.0. The van der Waals surface area contributed by atoms with Crippen LogP contribution in [0.4, 0.5) is 5.69 Å². The van der Waals surface area contributed by atoms with Crippen LogP contribution in [0.5, 0.6) is 5.75 Å². The molecule has 0 radical (unpaired) electrons. The minimum absolute atomic E-state index is 0.319. The molecule has 0 unspecified atom stereocenters. The Labute approximate surface area is 182 Å². The largest absolute Gasteiger partial charge is 0.493 e. The van der Waals surface area contributed by atoms with Gasteiger partial charge in [0.05, 0.1) is 12.8 Å². The number of carbonyl (C=O) groups excluding carboxylic acids is 2. The third kappa shape index (κ3) is 6.40. The number of nitrogens with zero attached hydrogens (tertiary/aromatic N) is 1. The number of fused-ring (bicyclic) bond motifs is 1. The van der Waals surface area contributed by atoms with E-state index in [0.717, 1.165) is 34.7 Å². The average Bonchev–Trinajstić information content (AvgIpc) is 2.76. The molecule has 0 bridgehead atoms. The van der Waals surface area contributed by atoms with Crippen LogP contribution in [0.25, 0.3) is 10.8 Å². The third-order valence-electron chi connectivity index (χ3n) is 4.73. The maximum absolute atomic E-state index is 12.1. The first-order valence-corrected chi connectivity index (χ1v) is 10.4. The van der Waals surface area contributed by atoms with E-state index in [1.54, 1.807) is 18.3 Å². The maximum Gasteiger partial charge on any atom is 0.249 e. The van der Waals surface area contributed by atoms with Gasteiger partial charge in [-0.3, -0.25) is 9.59 Å². The van der Waals surface area contributed by atoms with Gasteiger partial charge < -0.3 is 10.1 Å². The van der Waals surface area contributed by atoms with Gasteiger partial charge in [-0.25, -0.2) is 5.43 Å². The Morgan fingerprint density at radius 2 is 1.77 bits per heavy atom. The molecular formula is C25H27N3O3. The average molecular weight is 418 g/mol. The summed E-state index contributed by atoms with van der Waals surface area (Å²) in [5.41, 5.74) is 4.96. The Kier molecular flexibility index (Phi) is 7.76. The maximum atomic E-state index is 12.1. The number of aryl methyl sites for hydroxylation is 1. The summed E-state index contributed by atoms with van der Waals surface area (Å²) >= 11 is 0. The van der Waals surface area contributed by atoms with Crippen molar-refractivity contribution in [1.82, 2.24) is 5.43 Å².